The van der Waals surface area contributed by atoms with Crippen molar-refractivity contribution in [3.8, 4) is 50.2 Å². The van der Waals surface area contributed by atoms with E-state index in [0.29, 0.717) is 0 Å². The van der Waals surface area contributed by atoms with Crippen LogP contribution in [0.1, 0.15) is 0 Å². The van der Waals surface area contributed by atoms with Gasteiger partial charge in [-0.25, -0.2) is 0 Å². The zero-order valence-corrected chi connectivity index (χ0v) is 33.0. The summed E-state index contributed by atoms with van der Waals surface area (Å²) in [7, 11) is 0. The van der Waals surface area contributed by atoms with E-state index < -0.39 is 0 Å². The maximum absolute atomic E-state index is 2.39. The molecule has 1 heterocycles. The summed E-state index contributed by atoms with van der Waals surface area (Å²) in [6.45, 7) is 0. The third-order valence-corrected chi connectivity index (χ3v) is 11.8. The van der Waals surface area contributed by atoms with Crippen LogP contribution in [0, 0.1) is 0 Å². The van der Waals surface area contributed by atoms with Crippen LogP contribution in [0.15, 0.2) is 243 Å². The third kappa shape index (κ3) is 6.32. The quantitative estimate of drug-likeness (QED) is 0.150. The van der Waals surface area contributed by atoms with E-state index in [4.69, 9.17) is 0 Å². The molecule has 0 N–H and O–H groups in total. The topological polar surface area (TPSA) is 8.17 Å². The van der Waals surface area contributed by atoms with E-state index in [9.17, 15) is 0 Å². The first kappa shape index (κ1) is 35.2. The first-order valence-corrected chi connectivity index (χ1v) is 20.6. The molecule has 0 saturated carbocycles. The maximum Gasteiger partial charge on any atom is 0.0541 e. The summed E-state index contributed by atoms with van der Waals surface area (Å²) in [5.74, 6) is 0. The van der Waals surface area contributed by atoms with Crippen molar-refractivity contribution in [3.05, 3.63) is 243 Å². The Hall–Kier alpha value is -7.94. The molecule has 282 valence electrons. The first-order chi connectivity index (χ1) is 29.8. The predicted octanol–water partition coefficient (Wildman–Crippen LogP) is 16.1. The fraction of sp³-hybridized carbons (Fsp3) is 0. The number of hydrogen-bond acceptors (Lipinski definition) is 1. The average Bonchev–Trinajstić information content (AvgIpc) is 3.66. The van der Waals surface area contributed by atoms with Crippen LogP contribution in [0.4, 0.5) is 17.1 Å². The second-order valence-electron chi connectivity index (χ2n) is 15.3. The van der Waals surface area contributed by atoms with Crippen molar-refractivity contribution in [2.75, 3.05) is 4.90 Å². The largest absolute Gasteiger partial charge is 0.310 e. The normalized spacial score (nSPS) is 11.3. The fourth-order valence-electron chi connectivity index (χ4n) is 8.97. The summed E-state index contributed by atoms with van der Waals surface area (Å²) in [6.07, 6.45) is 0. The van der Waals surface area contributed by atoms with Crippen LogP contribution in [-0.2, 0) is 0 Å². The highest BCUT2D eigenvalue weighted by Crippen LogP contribution is 2.42. The van der Waals surface area contributed by atoms with Gasteiger partial charge in [-0.2, -0.15) is 0 Å². The molecule has 0 spiro atoms. The van der Waals surface area contributed by atoms with Gasteiger partial charge >= 0.3 is 0 Å². The second kappa shape index (κ2) is 15.1. The molecule has 0 aliphatic heterocycles. The van der Waals surface area contributed by atoms with Crippen molar-refractivity contribution in [1.82, 2.24) is 4.57 Å². The van der Waals surface area contributed by atoms with E-state index in [0.717, 1.165) is 17.1 Å². The van der Waals surface area contributed by atoms with Crippen LogP contribution in [0.25, 0.3) is 82.8 Å². The van der Waals surface area contributed by atoms with Gasteiger partial charge < -0.3 is 9.47 Å². The minimum atomic E-state index is 1.09. The second-order valence-corrected chi connectivity index (χ2v) is 15.3. The van der Waals surface area contributed by atoms with Gasteiger partial charge in [-0.3, -0.25) is 0 Å². The van der Waals surface area contributed by atoms with E-state index in [-0.39, 0.29) is 0 Å². The Morgan fingerprint density at radius 1 is 0.283 bits per heavy atom. The molecule has 2 nitrogen and oxygen atoms in total. The summed E-state index contributed by atoms with van der Waals surface area (Å²) in [5.41, 5.74) is 16.4. The molecule has 1 aromatic heterocycles. The number of hydrogen-bond donors (Lipinski definition) is 0. The number of fused-ring (bicyclic) bond motifs is 4. The molecule has 0 unspecified atom stereocenters. The van der Waals surface area contributed by atoms with Gasteiger partial charge in [0.25, 0.3) is 0 Å². The minimum Gasteiger partial charge on any atom is -0.310 e. The van der Waals surface area contributed by atoms with Crippen molar-refractivity contribution in [3.63, 3.8) is 0 Å². The SMILES string of the molecule is c1ccc(-c2cccc(N(c3ccc(-c4cccc5cccc(-c6ccc7c(c6)c6ccccc6n7-c6ccccc6)c45)cc3)c3cccc(-c4ccccc4)c3)c2)cc1. The number of rotatable bonds is 8. The van der Waals surface area contributed by atoms with Gasteiger partial charge in [0.1, 0.15) is 0 Å². The number of para-hydroxylation sites is 2. The van der Waals surface area contributed by atoms with E-state index in [2.05, 4.69) is 252 Å². The van der Waals surface area contributed by atoms with Crippen LogP contribution in [0.2, 0.25) is 0 Å². The molecule has 11 rings (SSSR count). The van der Waals surface area contributed by atoms with Crippen LogP contribution >= 0.6 is 0 Å². The Balaban J connectivity index is 1.03. The number of benzene rings is 10. The number of nitrogens with zero attached hydrogens (tertiary/aromatic N) is 2. The molecule has 10 aromatic carbocycles. The molecule has 0 aliphatic carbocycles. The fourth-order valence-corrected chi connectivity index (χ4v) is 8.97. The molecule has 11 aromatic rings. The summed E-state index contributed by atoms with van der Waals surface area (Å²) in [6, 6.07) is 87.8. The molecule has 2 heteroatoms. The zero-order valence-electron chi connectivity index (χ0n) is 33.0. The molecule has 0 fully saturated rings. The summed E-state index contributed by atoms with van der Waals surface area (Å²) in [5, 5.41) is 4.97. The Bertz CT molecular complexity index is 3200. The van der Waals surface area contributed by atoms with Crippen molar-refractivity contribution in [1.29, 1.82) is 0 Å². The molecular formula is C58H40N2. The monoisotopic (exact) mass is 764 g/mol. The molecule has 0 bridgehead atoms. The van der Waals surface area contributed by atoms with Gasteiger partial charge in [-0.1, -0.05) is 176 Å². The lowest BCUT2D eigenvalue weighted by Gasteiger charge is -2.27. The van der Waals surface area contributed by atoms with Gasteiger partial charge in [0.05, 0.1) is 11.0 Å². The minimum absolute atomic E-state index is 1.09. The lowest BCUT2D eigenvalue weighted by Crippen LogP contribution is -2.10. The predicted molar refractivity (Wildman–Crippen MR) is 255 cm³/mol. The van der Waals surface area contributed by atoms with Crippen LogP contribution < -0.4 is 4.90 Å². The average molecular weight is 765 g/mol. The Morgan fingerprint density at radius 3 is 1.42 bits per heavy atom. The first-order valence-electron chi connectivity index (χ1n) is 20.6. The van der Waals surface area contributed by atoms with Gasteiger partial charge in [0.2, 0.25) is 0 Å². The van der Waals surface area contributed by atoms with Crippen molar-refractivity contribution in [2.45, 2.75) is 0 Å². The summed E-state index contributed by atoms with van der Waals surface area (Å²) >= 11 is 0. The van der Waals surface area contributed by atoms with E-state index >= 15 is 0 Å². The molecule has 0 saturated heterocycles. The summed E-state index contributed by atoms with van der Waals surface area (Å²) in [4.78, 5) is 2.37. The Labute approximate surface area is 350 Å². The maximum atomic E-state index is 2.39. The van der Waals surface area contributed by atoms with Gasteiger partial charge in [0.15, 0.2) is 0 Å². The van der Waals surface area contributed by atoms with Gasteiger partial charge in [0, 0.05) is 33.5 Å². The highest BCUT2D eigenvalue weighted by atomic mass is 15.1. The molecule has 0 radical (unpaired) electrons. The lowest BCUT2D eigenvalue weighted by molar-refractivity contribution is 1.18. The van der Waals surface area contributed by atoms with E-state index in [1.165, 1.54) is 82.8 Å². The lowest BCUT2D eigenvalue weighted by atomic mass is 9.91. The van der Waals surface area contributed by atoms with E-state index in [1.807, 2.05) is 0 Å². The van der Waals surface area contributed by atoms with Crippen LogP contribution in [0.3, 0.4) is 0 Å². The standard InChI is InChI=1S/C58H40N2/c1-4-16-41(17-5-1)45-22-12-26-50(38-45)59(51-27-13-23-46(39-51)42-18-6-2-7-19-42)49-35-32-43(33-36-49)52-29-14-20-44-21-15-30-53(58(44)52)47-34-37-57-55(40-47)54-28-10-11-31-56(54)60(57)48-24-8-3-9-25-48/h1-40H. The van der Waals surface area contributed by atoms with E-state index in [1.54, 1.807) is 0 Å². The Morgan fingerprint density at radius 2 is 0.783 bits per heavy atom. The Kier molecular flexibility index (Phi) is 8.87. The number of anilines is 3. The zero-order chi connectivity index (χ0) is 39.8. The van der Waals surface area contributed by atoms with Gasteiger partial charge in [-0.15, -0.1) is 0 Å². The van der Waals surface area contributed by atoms with Crippen LogP contribution in [0.5, 0.6) is 0 Å². The smallest absolute Gasteiger partial charge is 0.0541 e. The molecule has 0 amide bonds. The van der Waals surface area contributed by atoms with Crippen molar-refractivity contribution < 1.29 is 0 Å². The number of aromatic nitrogens is 1. The highest BCUT2D eigenvalue weighted by Gasteiger charge is 2.18. The molecule has 0 aliphatic rings. The van der Waals surface area contributed by atoms with Crippen molar-refractivity contribution >= 4 is 49.6 Å². The van der Waals surface area contributed by atoms with Crippen molar-refractivity contribution in [2.24, 2.45) is 0 Å². The van der Waals surface area contributed by atoms with Crippen LogP contribution in [-0.4, -0.2) is 4.57 Å². The highest BCUT2D eigenvalue weighted by molar-refractivity contribution is 6.13. The molecule has 60 heavy (non-hydrogen) atoms. The molecule has 0 atom stereocenters. The summed E-state index contributed by atoms with van der Waals surface area (Å²) < 4.78 is 2.38. The third-order valence-electron chi connectivity index (χ3n) is 11.8. The molecular weight excluding hydrogens is 725 g/mol. The van der Waals surface area contributed by atoms with Gasteiger partial charge in [-0.05, 0) is 122 Å².